The molecule has 1 saturated carbocycles. The molecule has 1 aromatic heterocycles. The molecule has 0 N–H and O–H groups in total. The highest BCUT2D eigenvalue weighted by molar-refractivity contribution is 5.30. The van der Waals surface area contributed by atoms with Crippen molar-refractivity contribution in [2.75, 3.05) is 18.0 Å². The number of hydrogen-bond acceptors (Lipinski definition) is 6. The molecule has 2 unspecified atom stereocenters. The van der Waals surface area contributed by atoms with Gasteiger partial charge in [-0.05, 0) is 56.9 Å². The summed E-state index contributed by atoms with van der Waals surface area (Å²) in [6, 6.07) is 0.338. The third-order valence-corrected chi connectivity index (χ3v) is 4.84. The maximum absolute atomic E-state index is 6.09. The molecule has 0 spiro atoms. The number of aromatic nitrogens is 4. The van der Waals surface area contributed by atoms with Crippen LogP contribution in [0.3, 0.4) is 0 Å². The summed E-state index contributed by atoms with van der Waals surface area (Å²) in [6.07, 6.45) is 4.81. The molecule has 2 heterocycles. The fourth-order valence-corrected chi connectivity index (χ4v) is 3.51. The largest absolute Gasteiger partial charge is 0.372 e. The van der Waals surface area contributed by atoms with E-state index in [1.165, 1.54) is 0 Å². The summed E-state index contributed by atoms with van der Waals surface area (Å²) in [5, 5.41) is 12.5. The second-order valence-corrected chi connectivity index (χ2v) is 8.00. The van der Waals surface area contributed by atoms with Gasteiger partial charge in [-0.15, -0.1) is 0 Å². The molecule has 2 atom stereocenters. The Morgan fingerprint density at radius 2 is 1.75 bits per heavy atom. The molecule has 0 radical (unpaired) electrons. The van der Waals surface area contributed by atoms with Gasteiger partial charge in [-0.3, -0.25) is 0 Å². The van der Waals surface area contributed by atoms with Crippen molar-refractivity contribution in [3.05, 3.63) is 0 Å². The van der Waals surface area contributed by atoms with Gasteiger partial charge in [-0.25, -0.2) is 4.68 Å². The van der Waals surface area contributed by atoms with Crippen molar-refractivity contribution in [3.8, 4) is 0 Å². The van der Waals surface area contributed by atoms with Gasteiger partial charge in [-0.2, -0.15) is 0 Å². The van der Waals surface area contributed by atoms with Crippen LogP contribution in [0.5, 0.6) is 0 Å². The molecule has 2 aliphatic rings. The van der Waals surface area contributed by atoms with Gasteiger partial charge in [0.2, 0.25) is 5.95 Å². The molecule has 0 aromatic carbocycles. The fraction of sp³-hybridized carbons (Fsp3) is 0.941. The summed E-state index contributed by atoms with van der Waals surface area (Å²) in [6.45, 7) is 12.4. The number of rotatable bonds is 5. The van der Waals surface area contributed by atoms with E-state index in [9.17, 15) is 0 Å². The van der Waals surface area contributed by atoms with Crippen LogP contribution < -0.4 is 4.90 Å². The third-order valence-electron chi connectivity index (χ3n) is 4.84. The minimum atomic E-state index is -0.0913. The zero-order chi connectivity index (χ0) is 17.3. The number of tetrazole rings is 1. The Hall–Kier alpha value is -1.21. The van der Waals surface area contributed by atoms with Crippen molar-refractivity contribution in [1.29, 1.82) is 0 Å². The lowest BCUT2D eigenvalue weighted by Gasteiger charge is -2.41. The first kappa shape index (κ1) is 17.6. The molecule has 0 bridgehead atoms. The first-order valence-corrected chi connectivity index (χ1v) is 9.25. The standard InChI is InChI=1S/C17H31N5O2/c1-6-13-10-21(11-14(7-2)23-13)16-18-19-20-22(16)12-8-15(9-12)24-17(3,4)5/h12-15H,6-11H2,1-5H3. The zero-order valence-electron chi connectivity index (χ0n) is 15.6. The smallest absolute Gasteiger partial charge is 0.245 e. The minimum Gasteiger partial charge on any atom is -0.372 e. The summed E-state index contributed by atoms with van der Waals surface area (Å²) in [5.41, 5.74) is -0.0913. The predicted octanol–water partition coefficient (Wildman–Crippen LogP) is 2.59. The number of nitrogens with zero attached hydrogens (tertiary/aromatic N) is 5. The van der Waals surface area contributed by atoms with E-state index in [4.69, 9.17) is 9.47 Å². The average Bonchev–Trinajstić information content (AvgIpc) is 2.98. The van der Waals surface area contributed by atoms with Crippen LogP contribution in [-0.2, 0) is 9.47 Å². The van der Waals surface area contributed by atoms with Crippen LogP contribution in [0.2, 0.25) is 0 Å². The number of ether oxygens (including phenoxy) is 2. The fourth-order valence-electron chi connectivity index (χ4n) is 3.51. The summed E-state index contributed by atoms with van der Waals surface area (Å²) < 4.78 is 14.1. The van der Waals surface area contributed by atoms with E-state index in [0.717, 1.165) is 44.7 Å². The van der Waals surface area contributed by atoms with E-state index in [2.05, 4.69) is 55.0 Å². The van der Waals surface area contributed by atoms with Crippen molar-refractivity contribution in [3.63, 3.8) is 0 Å². The first-order chi connectivity index (χ1) is 11.4. The molecule has 2 fully saturated rings. The highest BCUT2D eigenvalue weighted by Crippen LogP contribution is 2.38. The Morgan fingerprint density at radius 3 is 2.29 bits per heavy atom. The third kappa shape index (κ3) is 3.88. The minimum absolute atomic E-state index is 0.0913. The number of anilines is 1. The Balaban J connectivity index is 1.65. The predicted molar refractivity (Wildman–Crippen MR) is 92.2 cm³/mol. The van der Waals surface area contributed by atoms with Crippen molar-refractivity contribution in [2.45, 2.75) is 90.3 Å². The van der Waals surface area contributed by atoms with Crippen LogP contribution in [0.1, 0.15) is 66.3 Å². The van der Waals surface area contributed by atoms with Crippen LogP contribution in [0.25, 0.3) is 0 Å². The van der Waals surface area contributed by atoms with Crippen molar-refractivity contribution in [2.24, 2.45) is 0 Å². The lowest BCUT2D eigenvalue weighted by molar-refractivity contribution is -0.110. The Kier molecular flexibility index (Phi) is 5.11. The SMILES string of the molecule is CCC1CN(c2nnnn2C2CC(OC(C)(C)C)C2)CC(CC)O1. The van der Waals surface area contributed by atoms with Gasteiger partial charge in [0.05, 0.1) is 30.0 Å². The number of morpholine rings is 1. The monoisotopic (exact) mass is 337 g/mol. The lowest BCUT2D eigenvalue weighted by atomic mass is 9.88. The van der Waals surface area contributed by atoms with E-state index >= 15 is 0 Å². The summed E-state index contributed by atoms with van der Waals surface area (Å²) in [7, 11) is 0. The molecule has 24 heavy (non-hydrogen) atoms. The maximum atomic E-state index is 6.09. The Morgan fingerprint density at radius 1 is 1.12 bits per heavy atom. The van der Waals surface area contributed by atoms with E-state index in [0.29, 0.717) is 12.1 Å². The van der Waals surface area contributed by atoms with Gasteiger partial charge in [0.1, 0.15) is 0 Å². The van der Waals surface area contributed by atoms with Gasteiger partial charge in [0.25, 0.3) is 0 Å². The van der Waals surface area contributed by atoms with Crippen molar-refractivity contribution in [1.82, 2.24) is 20.2 Å². The molecule has 3 rings (SSSR count). The van der Waals surface area contributed by atoms with Crippen molar-refractivity contribution >= 4 is 5.95 Å². The molecule has 1 aliphatic carbocycles. The topological polar surface area (TPSA) is 65.3 Å². The molecular weight excluding hydrogens is 306 g/mol. The first-order valence-electron chi connectivity index (χ1n) is 9.25. The van der Waals surface area contributed by atoms with Crippen LogP contribution in [0, 0.1) is 0 Å². The quantitative estimate of drug-likeness (QED) is 0.823. The molecular formula is C17H31N5O2. The van der Waals surface area contributed by atoms with E-state index < -0.39 is 0 Å². The second-order valence-electron chi connectivity index (χ2n) is 8.00. The van der Waals surface area contributed by atoms with Gasteiger partial charge in [0.15, 0.2) is 0 Å². The molecule has 136 valence electrons. The molecule has 1 aromatic rings. The Labute approximate surface area is 144 Å². The lowest BCUT2D eigenvalue weighted by Crippen LogP contribution is -2.49. The molecule has 0 amide bonds. The summed E-state index contributed by atoms with van der Waals surface area (Å²) in [4.78, 5) is 2.30. The zero-order valence-corrected chi connectivity index (χ0v) is 15.6. The summed E-state index contributed by atoms with van der Waals surface area (Å²) >= 11 is 0. The van der Waals surface area contributed by atoms with Crippen LogP contribution >= 0.6 is 0 Å². The van der Waals surface area contributed by atoms with Gasteiger partial charge < -0.3 is 14.4 Å². The molecule has 7 heteroatoms. The number of hydrogen-bond donors (Lipinski definition) is 0. The summed E-state index contributed by atoms with van der Waals surface area (Å²) in [5.74, 6) is 0.884. The Bertz CT molecular complexity index is 523. The van der Waals surface area contributed by atoms with Gasteiger partial charge >= 0.3 is 0 Å². The van der Waals surface area contributed by atoms with Crippen LogP contribution in [0.15, 0.2) is 0 Å². The van der Waals surface area contributed by atoms with E-state index in [1.54, 1.807) is 0 Å². The highest BCUT2D eigenvalue weighted by atomic mass is 16.5. The second kappa shape index (κ2) is 6.96. The van der Waals surface area contributed by atoms with Crippen LogP contribution in [-0.4, -0.2) is 57.2 Å². The molecule has 1 aliphatic heterocycles. The van der Waals surface area contributed by atoms with Crippen LogP contribution in [0.4, 0.5) is 5.95 Å². The molecule has 7 nitrogen and oxygen atoms in total. The van der Waals surface area contributed by atoms with E-state index in [1.807, 2.05) is 4.68 Å². The van der Waals surface area contributed by atoms with E-state index in [-0.39, 0.29) is 17.8 Å². The normalized spacial score (nSPS) is 31.1. The van der Waals surface area contributed by atoms with Gasteiger partial charge in [0, 0.05) is 13.1 Å². The highest BCUT2D eigenvalue weighted by Gasteiger charge is 2.38. The maximum Gasteiger partial charge on any atom is 0.245 e. The molecule has 1 saturated heterocycles. The average molecular weight is 337 g/mol. The van der Waals surface area contributed by atoms with Gasteiger partial charge in [-0.1, -0.05) is 18.9 Å². The van der Waals surface area contributed by atoms with Crippen molar-refractivity contribution < 1.29 is 9.47 Å².